The summed E-state index contributed by atoms with van der Waals surface area (Å²) in [4.78, 5) is 14.3. The third-order valence-electron chi connectivity index (χ3n) is 4.63. The van der Waals surface area contributed by atoms with Crippen LogP contribution < -0.4 is 5.32 Å². The number of morpholine rings is 1. The molecule has 1 atom stereocenters. The zero-order valence-electron chi connectivity index (χ0n) is 13.2. The van der Waals surface area contributed by atoms with Gasteiger partial charge in [0.25, 0.3) is 0 Å². The number of ether oxygens (including phenoxy) is 1. The number of rotatable bonds is 3. The molecule has 128 valence electrons. The second kappa shape index (κ2) is 8.52. The Hall–Kier alpha value is -1.30. The molecule has 0 saturated carbocycles. The Morgan fingerprint density at radius 1 is 1.26 bits per heavy atom. The van der Waals surface area contributed by atoms with Crippen molar-refractivity contribution in [1.82, 2.24) is 10.2 Å². The number of carbonyl (C=O) groups excluding carboxylic acids is 1. The molecule has 1 aromatic carbocycles. The van der Waals surface area contributed by atoms with E-state index in [1.807, 2.05) is 17.0 Å². The van der Waals surface area contributed by atoms with Gasteiger partial charge in [-0.3, -0.25) is 4.79 Å². The molecule has 1 amide bonds. The number of halogens is 1. The summed E-state index contributed by atoms with van der Waals surface area (Å²) in [5.41, 5.74) is 1.26. The second-order valence-corrected chi connectivity index (χ2v) is 6.18. The smallest absolute Gasteiger partial charge is 0.224 e. The number of carbonyl (C=O) groups is 1. The summed E-state index contributed by atoms with van der Waals surface area (Å²) < 4.78 is 5.40. The standard InChI is InChI=1S/C17H24N2O3.ClH/c20-16-3-1-13(2-4-16)14-5-8-19(9-6-14)17(21)11-15-12-22-10-7-18-15;/h1-4,14-15,18,20H,5-12H2;1H. The summed E-state index contributed by atoms with van der Waals surface area (Å²) in [7, 11) is 0. The fourth-order valence-electron chi connectivity index (χ4n) is 3.30. The minimum atomic E-state index is 0. The molecule has 0 bridgehead atoms. The number of aromatic hydroxyl groups is 1. The molecule has 1 aromatic rings. The van der Waals surface area contributed by atoms with Crippen molar-refractivity contribution >= 4 is 18.3 Å². The minimum absolute atomic E-state index is 0. The number of hydrogen-bond donors (Lipinski definition) is 2. The van der Waals surface area contributed by atoms with Gasteiger partial charge < -0.3 is 20.1 Å². The highest BCUT2D eigenvalue weighted by Crippen LogP contribution is 2.29. The molecule has 2 aliphatic heterocycles. The lowest BCUT2D eigenvalue weighted by atomic mass is 9.89. The van der Waals surface area contributed by atoms with E-state index in [2.05, 4.69) is 5.32 Å². The molecule has 2 saturated heterocycles. The predicted molar refractivity (Wildman–Crippen MR) is 91.1 cm³/mol. The molecule has 2 aliphatic rings. The van der Waals surface area contributed by atoms with Crippen molar-refractivity contribution in [3.63, 3.8) is 0 Å². The van der Waals surface area contributed by atoms with Crippen LogP contribution in [0.25, 0.3) is 0 Å². The van der Waals surface area contributed by atoms with Crippen molar-refractivity contribution in [1.29, 1.82) is 0 Å². The van der Waals surface area contributed by atoms with E-state index < -0.39 is 0 Å². The van der Waals surface area contributed by atoms with Crippen LogP contribution in [-0.2, 0) is 9.53 Å². The number of nitrogens with zero attached hydrogens (tertiary/aromatic N) is 1. The molecule has 2 N–H and O–H groups in total. The van der Waals surface area contributed by atoms with Crippen molar-refractivity contribution in [3.05, 3.63) is 29.8 Å². The Balaban J connectivity index is 0.00000192. The number of likely N-dealkylation sites (tertiary alicyclic amines) is 1. The van der Waals surface area contributed by atoms with E-state index in [0.29, 0.717) is 24.7 Å². The Kier molecular flexibility index (Phi) is 6.69. The summed E-state index contributed by atoms with van der Waals surface area (Å²) in [6.07, 6.45) is 2.51. The molecule has 1 unspecified atom stereocenters. The largest absolute Gasteiger partial charge is 0.508 e. The second-order valence-electron chi connectivity index (χ2n) is 6.18. The minimum Gasteiger partial charge on any atom is -0.508 e. The van der Waals surface area contributed by atoms with Crippen molar-refractivity contribution in [2.75, 3.05) is 32.8 Å². The van der Waals surface area contributed by atoms with E-state index in [9.17, 15) is 9.90 Å². The Bertz CT molecular complexity index is 495. The summed E-state index contributed by atoms with van der Waals surface area (Å²) >= 11 is 0. The summed E-state index contributed by atoms with van der Waals surface area (Å²) in [5.74, 6) is 1.02. The maximum atomic E-state index is 12.4. The van der Waals surface area contributed by atoms with E-state index in [4.69, 9.17) is 4.74 Å². The predicted octanol–water partition coefficient (Wildman–Crippen LogP) is 1.90. The van der Waals surface area contributed by atoms with Crippen LogP contribution in [0.3, 0.4) is 0 Å². The van der Waals surface area contributed by atoms with E-state index >= 15 is 0 Å². The van der Waals surface area contributed by atoms with Crippen LogP contribution in [0.4, 0.5) is 0 Å². The fourth-order valence-corrected chi connectivity index (χ4v) is 3.30. The average Bonchev–Trinajstić information content (AvgIpc) is 2.57. The molecular weight excluding hydrogens is 316 g/mol. The van der Waals surface area contributed by atoms with Crippen LogP contribution >= 0.6 is 12.4 Å². The third-order valence-corrected chi connectivity index (χ3v) is 4.63. The molecule has 0 radical (unpaired) electrons. The van der Waals surface area contributed by atoms with E-state index in [1.165, 1.54) is 5.56 Å². The summed E-state index contributed by atoms with van der Waals surface area (Å²) in [6.45, 7) is 3.84. The Morgan fingerprint density at radius 3 is 2.57 bits per heavy atom. The number of phenolic OH excluding ortho intramolecular Hbond substituents is 1. The molecule has 6 heteroatoms. The molecule has 23 heavy (non-hydrogen) atoms. The highest BCUT2D eigenvalue weighted by atomic mass is 35.5. The number of hydrogen-bond acceptors (Lipinski definition) is 4. The number of piperidine rings is 1. The van der Waals surface area contributed by atoms with E-state index in [-0.39, 0.29) is 24.4 Å². The van der Waals surface area contributed by atoms with Gasteiger partial charge in [-0.25, -0.2) is 0 Å². The molecule has 3 rings (SSSR count). The molecular formula is C17H25ClN2O3. The lowest BCUT2D eigenvalue weighted by Crippen LogP contribution is -2.46. The number of benzene rings is 1. The van der Waals surface area contributed by atoms with Crippen molar-refractivity contribution in [3.8, 4) is 5.75 Å². The fraction of sp³-hybridized carbons (Fsp3) is 0.588. The molecule has 2 heterocycles. The highest BCUT2D eigenvalue weighted by molar-refractivity contribution is 5.85. The van der Waals surface area contributed by atoms with Gasteiger partial charge in [0.1, 0.15) is 5.75 Å². The van der Waals surface area contributed by atoms with Gasteiger partial charge in [-0.2, -0.15) is 0 Å². The van der Waals surface area contributed by atoms with Gasteiger partial charge in [0.15, 0.2) is 0 Å². The Labute approximate surface area is 143 Å². The van der Waals surface area contributed by atoms with Gasteiger partial charge in [0.05, 0.1) is 13.2 Å². The summed E-state index contributed by atoms with van der Waals surface area (Å²) in [6, 6.07) is 7.61. The van der Waals surface area contributed by atoms with Crippen molar-refractivity contribution in [2.45, 2.75) is 31.2 Å². The third kappa shape index (κ3) is 4.83. The van der Waals surface area contributed by atoms with Crippen molar-refractivity contribution in [2.24, 2.45) is 0 Å². The van der Waals surface area contributed by atoms with Gasteiger partial charge in [0.2, 0.25) is 5.91 Å². The normalized spacial score (nSPS) is 22.4. The quantitative estimate of drug-likeness (QED) is 0.882. The monoisotopic (exact) mass is 340 g/mol. The molecule has 2 fully saturated rings. The first-order valence-corrected chi connectivity index (χ1v) is 8.10. The van der Waals surface area contributed by atoms with Crippen LogP contribution in [0.15, 0.2) is 24.3 Å². The lowest BCUT2D eigenvalue weighted by Gasteiger charge is -2.33. The SMILES string of the molecule is Cl.O=C(CC1COCCN1)N1CCC(c2ccc(O)cc2)CC1. The van der Waals surface area contributed by atoms with Gasteiger partial charge in [0, 0.05) is 32.1 Å². The number of nitrogens with one attached hydrogen (secondary N) is 1. The highest BCUT2D eigenvalue weighted by Gasteiger charge is 2.26. The first-order chi connectivity index (χ1) is 10.7. The maximum absolute atomic E-state index is 12.4. The number of phenols is 1. The topological polar surface area (TPSA) is 61.8 Å². The van der Waals surface area contributed by atoms with E-state index in [1.54, 1.807) is 12.1 Å². The first-order valence-electron chi connectivity index (χ1n) is 8.10. The van der Waals surface area contributed by atoms with Crippen LogP contribution in [-0.4, -0.2) is 54.8 Å². The summed E-state index contributed by atoms with van der Waals surface area (Å²) in [5, 5.41) is 12.7. The molecule has 5 nitrogen and oxygen atoms in total. The van der Waals surface area contributed by atoms with E-state index in [0.717, 1.165) is 39.1 Å². The van der Waals surface area contributed by atoms with Crippen LogP contribution in [0.2, 0.25) is 0 Å². The maximum Gasteiger partial charge on any atom is 0.224 e. The molecule has 0 aliphatic carbocycles. The Morgan fingerprint density at radius 2 is 1.96 bits per heavy atom. The van der Waals surface area contributed by atoms with Crippen LogP contribution in [0.1, 0.15) is 30.7 Å². The van der Waals surface area contributed by atoms with Gasteiger partial charge in [-0.1, -0.05) is 12.1 Å². The van der Waals surface area contributed by atoms with Crippen LogP contribution in [0.5, 0.6) is 5.75 Å². The zero-order chi connectivity index (χ0) is 15.4. The number of amides is 1. The van der Waals surface area contributed by atoms with Gasteiger partial charge >= 0.3 is 0 Å². The van der Waals surface area contributed by atoms with Crippen LogP contribution in [0, 0.1) is 0 Å². The van der Waals surface area contributed by atoms with Crippen molar-refractivity contribution < 1.29 is 14.6 Å². The zero-order valence-corrected chi connectivity index (χ0v) is 14.1. The van der Waals surface area contributed by atoms with Gasteiger partial charge in [-0.05, 0) is 36.5 Å². The lowest BCUT2D eigenvalue weighted by molar-refractivity contribution is -0.133. The molecule has 0 spiro atoms. The van der Waals surface area contributed by atoms with Gasteiger partial charge in [-0.15, -0.1) is 12.4 Å². The average molecular weight is 341 g/mol. The first kappa shape index (κ1) is 18.0. The molecule has 0 aromatic heterocycles.